The molecule has 0 radical (unpaired) electrons. The van der Waals surface area contributed by atoms with Gasteiger partial charge in [0.1, 0.15) is 12.4 Å². The summed E-state index contributed by atoms with van der Waals surface area (Å²) in [6.07, 6.45) is 0.773. The molecule has 1 amide bonds. The van der Waals surface area contributed by atoms with Gasteiger partial charge in [-0.2, -0.15) is 0 Å². The summed E-state index contributed by atoms with van der Waals surface area (Å²) in [6.45, 7) is 3.83. The molecule has 7 nitrogen and oxygen atoms in total. The van der Waals surface area contributed by atoms with Crippen molar-refractivity contribution in [3.63, 3.8) is 0 Å². The number of carbonyl (C=O) groups is 1. The molecule has 0 aliphatic carbocycles. The van der Waals surface area contributed by atoms with Gasteiger partial charge in [0, 0.05) is 20.2 Å². The van der Waals surface area contributed by atoms with Crippen LogP contribution in [0.1, 0.15) is 30.5 Å². The van der Waals surface area contributed by atoms with E-state index in [-0.39, 0.29) is 12.0 Å². The van der Waals surface area contributed by atoms with E-state index in [0.29, 0.717) is 26.3 Å². The minimum absolute atomic E-state index is 0.0430. The summed E-state index contributed by atoms with van der Waals surface area (Å²) in [7, 11) is 1.87. The molecule has 1 aliphatic heterocycles. The molecule has 1 fully saturated rings. The van der Waals surface area contributed by atoms with Gasteiger partial charge in [-0.15, -0.1) is 10.2 Å². The second-order valence-corrected chi connectivity index (χ2v) is 5.69. The van der Waals surface area contributed by atoms with Crippen molar-refractivity contribution in [3.05, 3.63) is 48.0 Å². The number of carbonyl (C=O) groups excluding carboxylic acids is 1. The predicted molar refractivity (Wildman–Crippen MR) is 87.1 cm³/mol. The fraction of sp³-hybridized carbons (Fsp3) is 0.471. The Bertz CT molecular complexity index is 673. The maximum absolute atomic E-state index is 13.0. The fourth-order valence-corrected chi connectivity index (χ4v) is 2.86. The van der Waals surface area contributed by atoms with E-state index >= 15 is 0 Å². The number of rotatable bonds is 5. The summed E-state index contributed by atoms with van der Waals surface area (Å²) in [5.74, 6) is 0.679. The zero-order valence-corrected chi connectivity index (χ0v) is 14.0. The van der Waals surface area contributed by atoms with Crippen molar-refractivity contribution in [2.45, 2.75) is 19.1 Å². The average Bonchev–Trinajstić information content (AvgIpc) is 3.06. The van der Waals surface area contributed by atoms with Crippen LogP contribution in [0.3, 0.4) is 0 Å². The van der Waals surface area contributed by atoms with Gasteiger partial charge in [-0.25, -0.2) is 0 Å². The minimum Gasteiger partial charge on any atom is -0.366 e. The van der Waals surface area contributed by atoms with Crippen LogP contribution in [0.5, 0.6) is 0 Å². The maximum Gasteiger partial charge on any atom is 0.256 e. The molecule has 0 N–H and O–H groups in total. The Hall–Kier alpha value is -2.25. The summed E-state index contributed by atoms with van der Waals surface area (Å²) in [5, 5.41) is 7.98. The lowest BCUT2D eigenvalue weighted by Crippen LogP contribution is -2.45. The molecule has 1 aromatic heterocycles. The van der Waals surface area contributed by atoms with Gasteiger partial charge >= 0.3 is 0 Å². The summed E-state index contributed by atoms with van der Waals surface area (Å²) >= 11 is 0. The van der Waals surface area contributed by atoms with Crippen molar-refractivity contribution in [2.75, 3.05) is 26.3 Å². The summed E-state index contributed by atoms with van der Waals surface area (Å²) in [6, 6.07) is 9.58. The SMILES string of the molecule is CCO[C@@H](C(=O)N1CCO[C@@H](c2nncn2C)C1)c1ccccc1. The number of ether oxygens (including phenoxy) is 2. The molecular formula is C17H22N4O3. The molecule has 128 valence electrons. The molecule has 0 bridgehead atoms. The number of aromatic nitrogens is 3. The number of benzene rings is 1. The quantitative estimate of drug-likeness (QED) is 0.831. The third-order valence-electron chi connectivity index (χ3n) is 4.07. The molecular weight excluding hydrogens is 308 g/mol. The molecule has 0 spiro atoms. The van der Waals surface area contributed by atoms with E-state index < -0.39 is 6.10 Å². The van der Waals surface area contributed by atoms with Crippen molar-refractivity contribution in [3.8, 4) is 0 Å². The van der Waals surface area contributed by atoms with Crippen LogP contribution in [0.15, 0.2) is 36.7 Å². The van der Waals surface area contributed by atoms with Gasteiger partial charge in [0.15, 0.2) is 11.9 Å². The summed E-state index contributed by atoms with van der Waals surface area (Å²) in [4.78, 5) is 14.8. The highest BCUT2D eigenvalue weighted by molar-refractivity contribution is 5.82. The van der Waals surface area contributed by atoms with Crippen LogP contribution in [-0.2, 0) is 21.3 Å². The third-order valence-corrected chi connectivity index (χ3v) is 4.07. The smallest absolute Gasteiger partial charge is 0.256 e. The topological polar surface area (TPSA) is 69.5 Å². The molecule has 2 atom stereocenters. The Labute approximate surface area is 141 Å². The summed E-state index contributed by atoms with van der Waals surface area (Å²) in [5.41, 5.74) is 0.867. The van der Waals surface area contributed by atoms with Crippen molar-refractivity contribution >= 4 is 5.91 Å². The van der Waals surface area contributed by atoms with Gasteiger partial charge < -0.3 is 18.9 Å². The van der Waals surface area contributed by atoms with Gasteiger partial charge in [0.2, 0.25) is 0 Å². The van der Waals surface area contributed by atoms with Crippen LogP contribution < -0.4 is 0 Å². The largest absolute Gasteiger partial charge is 0.366 e. The van der Waals surface area contributed by atoms with Crippen molar-refractivity contribution in [2.24, 2.45) is 7.05 Å². The molecule has 1 aliphatic rings. The number of hydrogen-bond donors (Lipinski definition) is 0. The van der Waals surface area contributed by atoms with E-state index in [1.807, 2.05) is 48.9 Å². The van der Waals surface area contributed by atoms with Crippen LogP contribution in [-0.4, -0.2) is 51.9 Å². The standard InChI is InChI=1S/C17H22N4O3/c1-3-23-15(13-7-5-4-6-8-13)17(22)21-9-10-24-14(11-21)16-19-18-12-20(16)2/h4-8,12,14-15H,3,9-11H2,1-2H3/t14-,15-/m1/s1. The first-order valence-corrected chi connectivity index (χ1v) is 8.11. The number of morpholine rings is 1. The van der Waals surface area contributed by atoms with Crippen LogP contribution in [0.25, 0.3) is 0 Å². The highest BCUT2D eigenvalue weighted by Gasteiger charge is 2.32. The van der Waals surface area contributed by atoms with E-state index in [9.17, 15) is 4.79 Å². The number of aryl methyl sites for hydroxylation is 1. The van der Waals surface area contributed by atoms with Crippen molar-refractivity contribution < 1.29 is 14.3 Å². The molecule has 2 aromatic rings. The first kappa shape index (κ1) is 16.6. The lowest BCUT2D eigenvalue weighted by Gasteiger charge is -2.34. The Balaban J connectivity index is 1.76. The fourth-order valence-electron chi connectivity index (χ4n) is 2.86. The molecule has 24 heavy (non-hydrogen) atoms. The average molecular weight is 330 g/mol. The second-order valence-electron chi connectivity index (χ2n) is 5.69. The van der Waals surface area contributed by atoms with Crippen LogP contribution in [0.4, 0.5) is 0 Å². The van der Waals surface area contributed by atoms with Crippen molar-refractivity contribution in [1.82, 2.24) is 19.7 Å². The van der Waals surface area contributed by atoms with E-state index in [0.717, 1.165) is 11.4 Å². The molecule has 1 aromatic carbocycles. The second kappa shape index (κ2) is 7.55. The van der Waals surface area contributed by atoms with Crippen LogP contribution >= 0.6 is 0 Å². The van der Waals surface area contributed by atoms with Crippen LogP contribution in [0.2, 0.25) is 0 Å². The lowest BCUT2D eigenvalue weighted by atomic mass is 10.1. The third kappa shape index (κ3) is 3.47. The minimum atomic E-state index is -0.588. The predicted octanol–water partition coefficient (Wildman–Crippen LogP) is 1.49. The maximum atomic E-state index is 13.0. The lowest BCUT2D eigenvalue weighted by molar-refractivity contribution is -0.152. The molecule has 3 rings (SSSR count). The zero-order chi connectivity index (χ0) is 16.9. The highest BCUT2D eigenvalue weighted by Crippen LogP contribution is 2.25. The Morgan fingerprint density at radius 1 is 1.42 bits per heavy atom. The summed E-state index contributed by atoms with van der Waals surface area (Å²) < 4.78 is 13.3. The Morgan fingerprint density at radius 2 is 2.21 bits per heavy atom. The monoisotopic (exact) mass is 330 g/mol. The first-order valence-electron chi connectivity index (χ1n) is 8.11. The van der Waals surface area contributed by atoms with E-state index in [4.69, 9.17) is 9.47 Å². The van der Waals surface area contributed by atoms with Gasteiger partial charge in [-0.1, -0.05) is 30.3 Å². The van der Waals surface area contributed by atoms with E-state index in [1.165, 1.54) is 0 Å². The Kier molecular flexibility index (Phi) is 5.22. The van der Waals surface area contributed by atoms with Gasteiger partial charge in [0.05, 0.1) is 13.2 Å². The Morgan fingerprint density at radius 3 is 2.88 bits per heavy atom. The van der Waals surface area contributed by atoms with E-state index in [2.05, 4.69) is 10.2 Å². The molecule has 1 saturated heterocycles. The zero-order valence-electron chi connectivity index (χ0n) is 14.0. The van der Waals surface area contributed by atoms with Gasteiger partial charge in [-0.05, 0) is 12.5 Å². The first-order chi connectivity index (χ1) is 11.7. The van der Waals surface area contributed by atoms with Gasteiger partial charge in [-0.3, -0.25) is 4.79 Å². The number of nitrogens with zero attached hydrogens (tertiary/aromatic N) is 4. The molecule has 0 saturated carbocycles. The van der Waals surface area contributed by atoms with Crippen LogP contribution in [0, 0.1) is 0 Å². The highest BCUT2D eigenvalue weighted by atomic mass is 16.5. The molecule has 0 unspecified atom stereocenters. The number of amides is 1. The molecule has 2 heterocycles. The number of hydrogen-bond acceptors (Lipinski definition) is 5. The van der Waals surface area contributed by atoms with E-state index in [1.54, 1.807) is 11.2 Å². The van der Waals surface area contributed by atoms with Gasteiger partial charge in [0.25, 0.3) is 5.91 Å². The normalized spacial score (nSPS) is 19.2. The molecule has 7 heteroatoms. The van der Waals surface area contributed by atoms with Crippen molar-refractivity contribution in [1.29, 1.82) is 0 Å².